The largest absolute Gasteiger partial charge is 0.378 e. The molecule has 0 radical (unpaired) electrons. The maximum atomic E-state index is 5.61. The molecule has 112 valence electrons. The summed E-state index contributed by atoms with van der Waals surface area (Å²) in [4.78, 5) is 0. The molecule has 2 nitrogen and oxygen atoms in total. The summed E-state index contributed by atoms with van der Waals surface area (Å²) >= 11 is 0. The minimum atomic E-state index is 0.511. The summed E-state index contributed by atoms with van der Waals surface area (Å²) in [5, 5.41) is 3.75. The summed E-state index contributed by atoms with van der Waals surface area (Å²) < 4.78 is 5.61. The maximum Gasteiger partial charge on any atom is 0.0604 e. The molecule has 0 aromatic heterocycles. The van der Waals surface area contributed by atoms with Gasteiger partial charge in [-0.05, 0) is 69.2 Å². The maximum absolute atomic E-state index is 5.61. The molecule has 19 heavy (non-hydrogen) atoms. The number of ether oxygens (including phenoxy) is 1. The van der Waals surface area contributed by atoms with E-state index >= 15 is 0 Å². The summed E-state index contributed by atoms with van der Waals surface area (Å²) in [5.74, 6) is 1.86. The molecule has 0 unspecified atom stereocenters. The molecule has 2 saturated carbocycles. The Kier molecular flexibility index (Phi) is 5.30. The molecule has 0 amide bonds. The second kappa shape index (κ2) is 6.58. The van der Waals surface area contributed by atoms with E-state index in [-0.39, 0.29) is 0 Å². The smallest absolute Gasteiger partial charge is 0.0604 e. The van der Waals surface area contributed by atoms with Gasteiger partial charge < -0.3 is 10.1 Å². The second-order valence-corrected chi connectivity index (χ2v) is 7.74. The Hall–Kier alpha value is -0.0800. The van der Waals surface area contributed by atoms with Gasteiger partial charge in [0, 0.05) is 12.6 Å². The molecule has 0 heterocycles. The Morgan fingerprint density at radius 3 is 2.21 bits per heavy atom. The third-order valence-corrected chi connectivity index (χ3v) is 5.26. The van der Waals surface area contributed by atoms with Crippen molar-refractivity contribution in [2.45, 2.75) is 78.4 Å². The van der Waals surface area contributed by atoms with E-state index in [2.05, 4.69) is 33.0 Å². The number of rotatable bonds is 5. The highest BCUT2D eigenvalue weighted by Gasteiger charge is 2.32. The zero-order valence-corrected chi connectivity index (χ0v) is 13.4. The van der Waals surface area contributed by atoms with Gasteiger partial charge >= 0.3 is 0 Å². The highest BCUT2D eigenvalue weighted by molar-refractivity contribution is 4.87. The van der Waals surface area contributed by atoms with Crippen molar-refractivity contribution in [1.29, 1.82) is 0 Å². The van der Waals surface area contributed by atoms with Crippen molar-refractivity contribution in [2.75, 3.05) is 13.2 Å². The molecule has 2 aliphatic rings. The zero-order valence-electron chi connectivity index (χ0n) is 13.4. The third kappa shape index (κ3) is 4.46. The van der Waals surface area contributed by atoms with Gasteiger partial charge in [0.25, 0.3) is 0 Å². The van der Waals surface area contributed by atoms with E-state index in [1.54, 1.807) is 0 Å². The topological polar surface area (TPSA) is 21.3 Å². The van der Waals surface area contributed by atoms with Crippen LogP contribution in [0.15, 0.2) is 0 Å². The predicted molar refractivity (Wildman–Crippen MR) is 81.3 cm³/mol. The van der Waals surface area contributed by atoms with Crippen molar-refractivity contribution in [3.05, 3.63) is 0 Å². The molecule has 0 aromatic carbocycles. The molecule has 0 atom stereocenters. The van der Waals surface area contributed by atoms with E-state index in [1.807, 2.05) is 0 Å². The minimum absolute atomic E-state index is 0.511. The van der Waals surface area contributed by atoms with Crippen LogP contribution in [0.25, 0.3) is 0 Å². The lowest BCUT2D eigenvalue weighted by atomic mass is 9.70. The van der Waals surface area contributed by atoms with Crippen LogP contribution < -0.4 is 5.32 Å². The highest BCUT2D eigenvalue weighted by Crippen LogP contribution is 2.39. The van der Waals surface area contributed by atoms with Crippen LogP contribution in [0, 0.1) is 17.3 Å². The zero-order chi connectivity index (χ0) is 13.9. The van der Waals surface area contributed by atoms with Gasteiger partial charge in [0.15, 0.2) is 0 Å². The summed E-state index contributed by atoms with van der Waals surface area (Å²) in [6, 6.07) is 0.733. The van der Waals surface area contributed by atoms with Crippen molar-refractivity contribution < 1.29 is 4.74 Å². The molecule has 0 spiro atoms. The number of nitrogens with one attached hydrogen (secondary N) is 1. The van der Waals surface area contributed by atoms with E-state index in [0.29, 0.717) is 11.5 Å². The quantitative estimate of drug-likeness (QED) is 0.813. The Balaban J connectivity index is 1.57. The fraction of sp³-hybridized carbons (Fsp3) is 1.00. The first-order chi connectivity index (χ1) is 8.99. The van der Waals surface area contributed by atoms with Crippen LogP contribution in [0.2, 0.25) is 0 Å². The van der Waals surface area contributed by atoms with Crippen molar-refractivity contribution in [3.8, 4) is 0 Å². The molecule has 2 heteroatoms. The highest BCUT2D eigenvalue weighted by atomic mass is 16.5. The molecule has 2 rings (SSSR count). The van der Waals surface area contributed by atoms with Crippen LogP contribution in [-0.2, 0) is 4.74 Å². The van der Waals surface area contributed by atoms with Crippen molar-refractivity contribution in [3.63, 3.8) is 0 Å². The summed E-state index contributed by atoms with van der Waals surface area (Å²) in [6.07, 6.45) is 8.72. The Labute approximate surface area is 119 Å². The van der Waals surface area contributed by atoms with Crippen molar-refractivity contribution >= 4 is 0 Å². The van der Waals surface area contributed by atoms with E-state index in [4.69, 9.17) is 4.74 Å². The summed E-state index contributed by atoms with van der Waals surface area (Å²) in [7, 11) is 0. The van der Waals surface area contributed by atoms with E-state index in [0.717, 1.165) is 24.5 Å². The second-order valence-electron chi connectivity index (χ2n) is 7.74. The van der Waals surface area contributed by atoms with Crippen LogP contribution in [0.5, 0.6) is 0 Å². The first-order valence-corrected chi connectivity index (χ1v) is 8.34. The molecule has 1 N–H and O–H groups in total. The normalized spacial score (nSPS) is 36.0. The average Bonchev–Trinajstić information content (AvgIpc) is 2.31. The fourth-order valence-corrected chi connectivity index (χ4v) is 3.67. The molecule has 2 fully saturated rings. The molecule has 0 aromatic rings. The van der Waals surface area contributed by atoms with Gasteiger partial charge in [-0.2, -0.15) is 0 Å². The minimum Gasteiger partial charge on any atom is -0.378 e. The van der Waals surface area contributed by atoms with Crippen LogP contribution in [0.1, 0.15) is 66.2 Å². The first-order valence-electron chi connectivity index (χ1n) is 8.34. The average molecular weight is 267 g/mol. The summed E-state index contributed by atoms with van der Waals surface area (Å²) in [5.41, 5.74) is 0.511. The van der Waals surface area contributed by atoms with Gasteiger partial charge in [-0.25, -0.2) is 0 Å². The van der Waals surface area contributed by atoms with Gasteiger partial charge in [-0.3, -0.25) is 0 Å². The van der Waals surface area contributed by atoms with Crippen molar-refractivity contribution in [2.24, 2.45) is 17.3 Å². The molecular formula is C17H33NO. The van der Waals surface area contributed by atoms with Crippen LogP contribution >= 0.6 is 0 Å². The number of hydrogen-bond acceptors (Lipinski definition) is 2. The molecule has 0 aliphatic heterocycles. The first kappa shape index (κ1) is 15.3. The van der Waals surface area contributed by atoms with Gasteiger partial charge in [0.05, 0.1) is 6.10 Å². The molecule has 0 saturated heterocycles. The Bertz CT molecular complexity index is 257. The van der Waals surface area contributed by atoms with Gasteiger partial charge in [-0.15, -0.1) is 0 Å². The molecule has 2 aliphatic carbocycles. The van der Waals surface area contributed by atoms with Crippen molar-refractivity contribution in [1.82, 2.24) is 5.32 Å². The lowest BCUT2D eigenvalue weighted by Crippen LogP contribution is -2.47. The lowest BCUT2D eigenvalue weighted by molar-refractivity contribution is -0.0112. The third-order valence-electron chi connectivity index (χ3n) is 5.26. The monoisotopic (exact) mass is 267 g/mol. The van der Waals surface area contributed by atoms with Crippen LogP contribution in [0.3, 0.4) is 0 Å². The van der Waals surface area contributed by atoms with Gasteiger partial charge in [0.2, 0.25) is 0 Å². The lowest BCUT2D eigenvalue weighted by Gasteiger charge is -2.39. The van der Waals surface area contributed by atoms with Crippen LogP contribution in [-0.4, -0.2) is 25.3 Å². The summed E-state index contributed by atoms with van der Waals surface area (Å²) in [6.45, 7) is 11.4. The van der Waals surface area contributed by atoms with E-state index < -0.39 is 0 Å². The predicted octanol–water partition coefficient (Wildman–Crippen LogP) is 4.00. The SMILES string of the molecule is CCOC1CC(NCC2CCC(C(C)(C)C)CC2)C1. The molecule has 0 bridgehead atoms. The Morgan fingerprint density at radius 2 is 1.68 bits per heavy atom. The van der Waals surface area contributed by atoms with E-state index in [9.17, 15) is 0 Å². The number of hydrogen-bond donors (Lipinski definition) is 1. The fourth-order valence-electron chi connectivity index (χ4n) is 3.67. The van der Waals surface area contributed by atoms with Gasteiger partial charge in [0.1, 0.15) is 0 Å². The van der Waals surface area contributed by atoms with Gasteiger partial charge in [-0.1, -0.05) is 20.8 Å². The Morgan fingerprint density at radius 1 is 1.05 bits per heavy atom. The standard InChI is InChI=1S/C17H33NO/c1-5-19-16-10-15(11-16)18-12-13-6-8-14(9-7-13)17(2,3)4/h13-16,18H,5-12H2,1-4H3. The van der Waals surface area contributed by atoms with E-state index in [1.165, 1.54) is 45.1 Å². The molecular weight excluding hydrogens is 234 g/mol. The van der Waals surface area contributed by atoms with Crippen LogP contribution in [0.4, 0.5) is 0 Å².